The van der Waals surface area contributed by atoms with E-state index >= 15 is 0 Å². The SMILES string of the molecule is CCCCCCCCC1(C)SCCCS1. The smallest absolute Gasteiger partial charge is 0.0583 e. The Bertz CT molecular complexity index is 151. The van der Waals surface area contributed by atoms with Crippen LogP contribution in [0.3, 0.4) is 0 Å². The summed E-state index contributed by atoms with van der Waals surface area (Å²) in [5.41, 5.74) is 0. The largest absolute Gasteiger partial charge is 0.144 e. The van der Waals surface area contributed by atoms with E-state index in [9.17, 15) is 0 Å². The Morgan fingerprint density at radius 1 is 0.933 bits per heavy atom. The third-order valence-electron chi connectivity index (χ3n) is 3.09. The van der Waals surface area contributed by atoms with E-state index in [0.717, 1.165) is 0 Å². The van der Waals surface area contributed by atoms with Crippen molar-refractivity contribution in [1.82, 2.24) is 0 Å². The number of thioether (sulfide) groups is 2. The van der Waals surface area contributed by atoms with Gasteiger partial charge in [-0.1, -0.05) is 45.4 Å². The van der Waals surface area contributed by atoms with Gasteiger partial charge in [0.15, 0.2) is 0 Å². The van der Waals surface area contributed by atoms with E-state index in [0.29, 0.717) is 4.08 Å². The maximum absolute atomic E-state index is 2.45. The zero-order chi connectivity index (χ0) is 11.0. The van der Waals surface area contributed by atoms with Crippen molar-refractivity contribution in [2.75, 3.05) is 11.5 Å². The maximum Gasteiger partial charge on any atom is 0.0583 e. The molecule has 1 aliphatic heterocycles. The molecule has 90 valence electrons. The lowest BCUT2D eigenvalue weighted by molar-refractivity contribution is 0.579. The van der Waals surface area contributed by atoms with Crippen LogP contribution in [0.15, 0.2) is 0 Å². The van der Waals surface area contributed by atoms with Gasteiger partial charge in [-0.05, 0) is 31.3 Å². The second kappa shape index (κ2) is 7.89. The maximum atomic E-state index is 2.45. The van der Waals surface area contributed by atoms with Crippen LogP contribution in [0.2, 0.25) is 0 Å². The molecule has 0 bridgehead atoms. The Kier molecular flexibility index (Phi) is 7.24. The van der Waals surface area contributed by atoms with Crippen molar-refractivity contribution < 1.29 is 0 Å². The van der Waals surface area contributed by atoms with Crippen molar-refractivity contribution in [1.29, 1.82) is 0 Å². The van der Waals surface area contributed by atoms with E-state index in [2.05, 4.69) is 37.4 Å². The molecule has 0 spiro atoms. The minimum Gasteiger partial charge on any atom is -0.144 e. The third kappa shape index (κ3) is 6.11. The van der Waals surface area contributed by atoms with Gasteiger partial charge in [-0.15, -0.1) is 23.5 Å². The first kappa shape index (κ1) is 13.8. The van der Waals surface area contributed by atoms with Crippen LogP contribution in [-0.4, -0.2) is 15.6 Å². The standard InChI is InChI=1S/C13H26S2/c1-3-4-5-6-7-8-10-13(2)14-11-9-12-15-13/h3-12H2,1-2H3. The van der Waals surface area contributed by atoms with Crippen molar-refractivity contribution >= 4 is 23.5 Å². The lowest BCUT2D eigenvalue weighted by Gasteiger charge is -2.32. The highest BCUT2D eigenvalue weighted by molar-refractivity contribution is 8.18. The second-order valence-electron chi connectivity index (χ2n) is 4.70. The molecule has 0 aromatic heterocycles. The van der Waals surface area contributed by atoms with Gasteiger partial charge in [0.2, 0.25) is 0 Å². The molecule has 1 fully saturated rings. The van der Waals surface area contributed by atoms with E-state index in [-0.39, 0.29) is 0 Å². The summed E-state index contributed by atoms with van der Waals surface area (Å²) in [6.45, 7) is 4.74. The summed E-state index contributed by atoms with van der Waals surface area (Å²) in [5.74, 6) is 2.78. The summed E-state index contributed by atoms with van der Waals surface area (Å²) in [4.78, 5) is 0. The average molecular weight is 246 g/mol. The summed E-state index contributed by atoms with van der Waals surface area (Å²) in [6.07, 6.45) is 11.4. The molecule has 0 aromatic rings. The number of hydrogen-bond acceptors (Lipinski definition) is 2. The minimum atomic E-state index is 0.559. The lowest BCUT2D eigenvalue weighted by Crippen LogP contribution is -2.20. The third-order valence-corrected chi connectivity index (χ3v) is 6.41. The fraction of sp³-hybridized carbons (Fsp3) is 1.00. The van der Waals surface area contributed by atoms with Crippen molar-refractivity contribution in [2.24, 2.45) is 0 Å². The van der Waals surface area contributed by atoms with Gasteiger partial charge in [0.1, 0.15) is 0 Å². The van der Waals surface area contributed by atoms with Gasteiger partial charge in [0, 0.05) is 0 Å². The van der Waals surface area contributed by atoms with Crippen LogP contribution in [0.5, 0.6) is 0 Å². The highest BCUT2D eigenvalue weighted by Crippen LogP contribution is 2.45. The van der Waals surface area contributed by atoms with Crippen LogP contribution >= 0.6 is 23.5 Å². The highest BCUT2D eigenvalue weighted by atomic mass is 32.2. The Morgan fingerprint density at radius 2 is 1.53 bits per heavy atom. The van der Waals surface area contributed by atoms with Crippen molar-refractivity contribution in [3.05, 3.63) is 0 Å². The van der Waals surface area contributed by atoms with Crippen molar-refractivity contribution in [3.8, 4) is 0 Å². The Hall–Kier alpha value is 0.700. The molecule has 0 aromatic carbocycles. The van der Waals surface area contributed by atoms with Crippen LogP contribution in [0.4, 0.5) is 0 Å². The molecule has 0 amide bonds. The van der Waals surface area contributed by atoms with E-state index in [4.69, 9.17) is 0 Å². The molecule has 15 heavy (non-hydrogen) atoms. The van der Waals surface area contributed by atoms with Gasteiger partial charge in [0.25, 0.3) is 0 Å². The predicted octanol–water partition coefficient (Wildman–Crippen LogP) is 5.32. The predicted molar refractivity (Wildman–Crippen MR) is 75.9 cm³/mol. The molecule has 0 nitrogen and oxygen atoms in total. The molecule has 0 aliphatic carbocycles. The molecule has 1 rings (SSSR count). The summed E-state index contributed by atoms with van der Waals surface area (Å²) in [5, 5.41) is 0. The van der Waals surface area contributed by atoms with Gasteiger partial charge >= 0.3 is 0 Å². The van der Waals surface area contributed by atoms with Crippen LogP contribution in [0.1, 0.15) is 65.2 Å². The van der Waals surface area contributed by atoms with Crippen molar-refractivity contribution in [3.63, 3.8) is 0 Å². The normalized spacial score (nSPS) is 20.4. The monoisotopic (exact) mass is 246 g/mol. The summed E-state index contributed by atoms with van der Waals surface area (Å²) in [7, 11) is 0. The quantitative estimate of drug-likeness (QED) is 0.557. The fourth-order valence-corrected chi connectivity index (χ4v) is 5.08. The van der Waals surface area contributed by atoms with Gasteiger partial charge in [-0.25, -0.2) is 0 Å². The Balaban J connectivity index is 1.98. The summed E-state index contributed by atoms with van der Waals surface area (Å²) < 4.78 is 0.559. The minimum absolute atomic E-state index is 0.559. The molecule has 0 radical (unpaired) electrons. The van der Waals surface area contributed by atoms with Gasteiger partial charge < -0.3 is 0 Å². The molecule has 2 heteroatoms. The first-order valence-corrected chi connectivity index (χ1v) is 8.52. The molecule has 1 heterocycles. The first-order chi connectivity index (χ1) is 7.27. The molecule has 0 N–H and O–H groups in total. The van der Waals surface area contributed by atoms with E-state index in [1.54, 1.807) is 0 Å². The molecule has 0 atom stereocenters. The summed E-state index contributed by atoms with van der Waals surface area (Å²) >= 11 is 4.39. The zero-order valence-corrected chi connectivity index (χ0v) is 12.0. The van der Waals surface area contributed by atoms with Gasteiger partial charge in [0.05, 0.1) is 4.08 Å². The second-order valence-corrected chi connectivity index (χ2v) is 8.16. The Morgan fingerprint density at radius 3 is 2.20 bits per heavy atom. The first-order valence-electron chi connectivity index (χ1n) is 6.55. The molecule has 0 unspecified atom stereocenters. The van der Waals surface area contributed by atoms with E-state index in [1.807, 2.05) is 0 Å². The average Bonchev–Trinajstić information content (AvgIpc) is 2.24. The van der Waals surface area contributed by atoms with Gasteiger partial charge in [-0.2, -0.15) is 0 Å². The highest BCUT2D eigenvalue weighted by Gasteiger charge is 2.27. The lowest BCUT2D eigenvalue weighted by atomic mass is 10.1. The zero-order valence-electron chi connectivity index (χ0n) is 10.4. The van der Waals surface area contributed by atoms with Crippen molar-refractivity contribution in [2.45, 2.75) is 69.3 Å². The fourth-order valence-electron chi connectivity index (χ4n) is 2.05. The molecule has 1 saturated heterocycles. The summed E-state index contributed by atoms with van der Waals surface area (Å²) in [6, 6.07) is 0. The van der Waals surface area contributed by atoms with Crippen LogP contribution in [0.25, 0.3) is 0 Å². The topological polar surface area (TPSA) is 0 Å². The number of rotatable bonds is 7. The molecular weight excluding hydrogens is 220 g/mol. The van der Waals surface area contributed by atoms with Crippen LogP contribution in [0, 0.1) is 0 Å². The Labute approximate surface area is 104 Å². The number of hydrogen-bond donors (Lipinski definition) is 0. The van der Waals surface area contributed by atoms with E-state index < -0.39 is 0 Å². The van der Waals surface area contributed by atoms with Crippen LogP contribution in [-0.2, 0) is 0 Å². The van der Waals surface area contributed by atoms with Gasteiger partial charge in [-0.3, -0.25) is 0 Å². The number of unbranched alkanes of at least 4 members (excludes halogenated alkanes) is 5. The molecule has 0 saturated carbocycles. The van der Waals surface area contributed by atoms with E-state index in [1.165, 1.54) is 62.9 Å². The molecule has 1 aliphatic rings. The molecular formula is C13H26S2. The van der Waals surface area contributed by atoms with Crippen LogP contribution < -0.4 is 0 Å².